The summed E-state index contributed by atoms with van der Waals surface area (Å²) in [6.07, 6.45) is 3.60. The van der Waals surface area contributed by atoms with Crippen LogP contribution in [0, 0.1) is 11.8 Å². The Morgan fingerprint density at radius 2 is 1.32 bits per heavy atom. The first-order valence-corrected chi connectivity index (χ1v) is 8.83. The standard InChI is InChI=1S/C21H17NO3/c23-19-15-6-2-1-5-13(15)14-10-9-12(11-18(14)19)22-20(24)16-7-3-4-8-17(16)21(22)25/h1-2,5-6,9-11,16-17H,3-4,7-8H2/t16-,17-/m1/s1. The lowest BCUT2D eigenvalue weighted by molar-refractivity contribution is -0.122. The Morgan fingerprint density at radius 1 is 0.720 bits per heavy atom. The van der Waals surface area contributed by atoms with Crippen LogP contribution in [0.25, 0.3) is 11.1 Å². The number of imide groups is 1. The van der Waals surface area contributed by atoms with E-state index in [1.54, 1.807) is 12.1 Å². The number of ketones is 1. The van der Waals surface area contributed by atoms with Gasteiger partial charge in [0.1, 0.15) is 0 Å². The number of hydrogen-bond acceptors (Lipinski definition) is 3. The second-order valence-corrected chi connectivity index (χ2v) is 7.11. The molecule has 0 bridgehead atoms. The highest BCUT2D eigenvalue weighted by molar-refractivity contribution is 6.25. The van der Waals surface area contributed by atoms with Crippen LogP contribution in [0.2, 0.25) is 0 Å². The summed E-state index contributed by atoms with van der Waals surface area (Å²) >= 11 is 0. The summed E-state index contributed by atoms with van der Waals surface area (Å²) in [5.41, 5.74) is 3.59. The van der Waals surface area contributed by atoms with Gasteiger partial charge in [-0.1, -0.05) is 43.2 Å². The number of nitrogens with zero attached hydrogens (tertiary/aromatic N) is 1. The summed E-state index contributed by atoms with van der Waals surface area (Å²) in [6.45, 7) is 0. The van der Waals surface area contributed by atoms with Crippen LogP contribution >= 0.6 is 0 Å². The number of carbonyl (C=O) groups is 3. The third-order valence-corrected chi connectivity index (χ3v) is 5.81. The number of fused-ring (bicyclic) bond motifs is 4. The minimum Gasteiger partial charge on any atom is -0.289 e. The van der Waals surface area contributed by atoms with Gasteiger partial charge in [0.05, 0.1) is 17.5 Å². The fraction of sp³-hybridized carbons (Fsp3) is 0.286. The number of amides is 2. The SMILES string of the molecule is O=C1c2ccccc2-c2ccc(N3C(=O)[C@@H]4CCCC[C@H]4C3=O)cc21. The molecule has 2 atom stereocenters. The van der Waals surface area contributed by atoms with Gasteiger partial charge in [0.25, 0.3) is 0 Å². The summed E-state index contributed by atoms with van der Waals surface area (Å²) in [5, 5.41) is 0. The topological polar surface area (TPSA) is 54.5 Å². The van der Waals surface area contributed by atoms with Crippen molar-refractivity contribution in [3.05, 3.63) is 53.6 Å². The summed E-state index contributed by atoms with van der Waals surface area (Å²) in [4.78, 5) is 39.5. The average molecular weight is 331 g/mol. The van der Waals surface area contributed by atoms with Crippen molar-refractivity contribution in [2.24, 2.45) is 11.8 Å². The van der Waals surface area contributed by atoms with Crippen LogP contribution in [0.15, 0.2) is 42.5 Å². The number of benzene rings is 2. The molecule has 2 fully saturated rings. The van der Waals surface area contributed by atoms with Crippen molar-refractivity contribution in [1.29, 1.82) is 0 Å². The zero-order valence-corrected chi connectivity index (χ0v) is 13.7. The van der Waals surface area contributed by atoms with E-state index in [9.17, 15) is 14.4 Å². The maximum absolute atomic E-state index is 12.8. The van der Waals surface area contributed by atoms with Gasteiger partial charge in [-0.25, -0.2) is 0 Å². The molecule has 2 aliphatic carbocycles. The highest BCUT2D eigenvalue weighted by Gasteiger charge is 2.49. The van der Waals surface area contributed by atoms with Crippen molar-refractivity contribution in [2.75, 3.05) is 4.90 Å². The molecule has 5 rings (SSSR count). The maximum Gasteiger partial charge on any atom is 0.237 e. The van der Waals surface area contributed by atoms with Crippen LogP contribution in [0.3, 0.4) is 0 Å². The molecule has 1 saturated carbocycles. The Morgan fingerprint density at radius 3 is 2.00 bits per heavy atom. The van der Waals surface area contributed by atoms with Gasteiger partial charge in [-0.2, -0.15) is 0 Å². The lowest BCUT2D eigenvalue weighted by Gasteiger charge is -2.19. The van der Waals surface area contributed by atoms with Crippen LogP contribution in [0.5, 0.6) is 0 Å². The van der Waals surface area contributed by atoms with E-state index in [0.29, 0.717) is 16.8 Å². The highest BCUT2D eigenvalue weighted by atomic mass is 16.2. The molecule has 25 heavy (non-hydrogen) atoms. The van der Waals surface area contributed by atoms with Crippen molar-refractivity contribution in [3.63, 3.8) is 0 Å². The molecule has 0 N–H and O–H groups in total. The van der Waals surface area contributed by atoms with Crippen molar-refractivity contribution < 1.29 is 14.4 Å². The first-order valence-electron chi connectivity index (χ1n) is 8.83. The molecule has 0 spiro atoms. The van der Waals surface area contributed by atoms with Crippen LogP contribution in [0.4, 0.5) is 5.69 Å². The minimum absolute atomic E-state index is 0.0380. The first kappa shape index (κ1) is 14.6. The van der Waals surface area contributed by atoms with Gasteiger partial charge in [-0.3, -0.25) is 19.3 Å². The molecular weight excluding hydrogens is 314 g/mol. The molecule has 1 saturated heterocycles. The Hall–Kier alpha value is -2.75. The molecule has 0 unspecified atom stereocenters. The maximum atomic E-state index is 12.8. The second-order valence-electron chi connectivity index (χ2n) is 7.11. The van der Waals surface area contributed by atoms with E-state index in [-0.39, 0.29) is 29.4 Å². The van der Waals surface area contributed by atoms with Crippen LogP contribution in [-0.2, 0) is 9.59 Å². The van der Waals surface area contributed by atoms with E-state index in [1.165, 1.54) is 4.90 Å². The van der Waals surface area contributed by atoms with Crippen molar-refractivity contribution >= 4 is 23.3 Å². The van der Waals surface area contributed by atoms with Gasteiger partial charge in [-0.05, 0) is 36.1 Å². The molecule has 4 nitrogen and oxygen atoms in total. The molecule has 2 amide bonds. The van der Waals surface area contributed by atoms with Crippen LogP contribution < -0.4 is 4.90 Å². The van der Waals surface area contributed by atoms with E-state index in [4.69, 9.17) is 0 Å². The van der Waals surface area contributed by atoms with Gasteiger partial charge in [-0.15, -0.1) is 0 Å². The molecule has 1 heterocycles. The third kappa shape index (κ3) is 1.91. The van der Waals surface area contributed by atoms with Gasteiger partial charge < -0.3 is 0 Å². The smallest absolute Gasteiger partial charge is 0.237 e. The Balaban J connectivity index is 1.58. The lowest BCUT2D eigenvalue weighted by Crippen LogP contribution is -2.30. The lowest BCUT2D eigenvalue weighted by atomic mass is 9.81. The van der Waals surface area contributed by atoms with E-state index in [2.05, 4.69) is 0 Å². The number of hydrogen-bond donors (Lipinski definition) is 0. The predicted molar refractivity (Wildman–Crippen MR) is 93.3 cm³/mol. The molecule has 124 valence electrons. The summed E-state index contributed by atoms with van der Waals surface area (Å²) in [7, 11) is 0. The van der Waals surface area contributed by atoms with Gasteiger partial charge >= 0.3 is 0 Å². The van der Waals surface area contributed by atoms with Crippen LogP contribution in [0.1, 0.15) is 41.6 Å². The Labute approximate surface area is 145 Å². The summed E-state index contributed by atoms with van der Waals surface area (Å²) in [5.74, 6) is -0.594. The Bertz CT molecular complexity index is 922. The monoisotopic (exact) mass is 331 g/mol. The van der Waals surface area contributed by atoms with E-state index < -0.39 is 0 Å². The quantitative estimate of drug-likeness (QED) is 0.641. The zero-order chi connectivity index (χ0) is 17.1. The molecule has 0 radical (unpaired) electrons. The van der Waals surface area contributed by atoms with E-state index in [1.807, 2.05) is 30.3 Å². The fourth-order valence-corrected chi connectivity index (χ4v) is 4.57. The zero-order valence-electron chi connectivity index (χ0n) is 13.7. The minimum atomic E-state index is -0.178. The normalized spacial score (nSPS) is 24.3. The van der Waals surface area contributed by atoms with Crippen molar-refractivity contribution in [2.45, 2.75) is 25.7 Å². The molecule has 3 aliphatic rings. The largest absolute Gasteiger partial charge is 0.289 e. The predicted octanol–water partition coefficient (Wildman–Crippen LogP) is 3.58. The third-order valence-electron chi connectivity index (χ3n) is 5.81. The second kappa shape index (κ2) is 5.12. The number of rotatable bonds is 1. The van der Waals surface area contributed by atoms with Crippen molar-refractivity contribution in [1.82, 2.24) is 0 Å². The average Bonchev–Trinajstić information content (AvgIpc) is 3.08. The molecule has 0 aromatic heterocycles. The van der Waals surface area contributed by atoms with Gasteiger partial charge in [0.2, 0.25) is 11.8 Å². The van der Waals surface area contributed by atoms with Crippen LogP contribution in [-0.4, -0.2) is 17.6 Å². The number of carbonyl (C=O) groups excluding carboxylic acids is 3. The van der Waals surface area contributed by atoms with Gasteiger partial charge in [0.15, 0.2) is 5.78 Å². The highest BCUT2D eigenvalue weighted by Crippen LogP contribution is 2.42. The molecule has 1 aliphatic heterocycles. The number of anilines is 1. The van der Waals surface area contributed by atoms with Crippen molar-refractivity contribution in [3.8, 4) is 11.1 Å². The first-order chi connectivity index (χ1) is 12.2. The molecule has 2 aromatic rings. The fourth-order valence-electron chi connectivity index (χ4n) is 4.57. The molecule has 4 heteroatoms. The van der Waals surface area contributed by atoms with E-state index >= 15 is 0 Å². The molecule has 2 aromatic carbocycles. The van der Waals surface area contributed by atoms with E-state index in [0.717, 1.165) is 36.8 Å². The Kier molecular flexibility index (Phi) is 2.99. The van der Waals surface area contributed by atoms with Gasteiger partial charge in [0, 0.05) is 11.1 Å². The molecular formula is C21H17NO3. The summed E-state index contributed by atoms with van der Waals surface area (Å²) in [6, 6.07) is 12.9. The summed E-state index contributed by atoms with van der Waals surface area (Å²) < 4.78 is 0.